The number of aromatic nitrogens is 2. The van der Waals surface area contributed by atoms with Gasteiger partial charge in [-0.1, -0.05) is 12.1 Å². The van der Waals surface area contributed by atoms with Gasteiger partial charge >= 0.3 is 0 Å². The van der Waals surface area contributed by atoms with Crippen molar-refractivity contribution in [2.45, 2.75) is 0 Å². The molecule has 0 atom stereocenters. The van der Waals surface area contributed by atoms with E-state index in [9.17, 15) is 35.1 Å². The van der Waals surface area contributed by atoms with Crippen LogP contribution in [0.2, 0.25) is 0 Å². The van der Waals surface area contributed by atoms with E-state index in [1.54, 1.807) is 24.3 Å². The number of hydrogen-bond donors (Lipinski definition) is 3. The van der Waals surface area contributed by atoms with Crippen molar-refractivity contribution < 1.29 is 39.9 Å². The standard InChI is InChI=1S/C25H15F8N7O/c1-41-18-5-3-2-4-17(18)36-19-8-20(39-34-9-11-21(30)13(26)6-14(27)22(11)31)38-25(37-19)40-35-10-12-23(32)15(28)7-16(29)24(12)33/h2-10H,1H3,(H3,36,37,38,39,40). The number of ether oxygens (including phenoxy) is 1. The number of nitrogens with zero attached hydrogens (tertiary/aromatic N) is 4. The first-order chi connectivity index (χ1) is 19.6. The number of nitrogens with one attached hydrogen (secondary N) is 3. The summed E-state index contributed by atoms with van der Waals surface area (Å²) >= 11 is 0. The highest BCUT2D eigenvalue weighted by Crippen LogP contribution is 2.28. The molecular formula is C25H15F8N7O. The molecule has 4 rings (SSSR count). The second-order valence-electron chi connectivity index (χ2n) is 7.79. The summed E-state index contributed by atoms with van der Waals surface area (Å²) in [6.45, 7) is 0. The minimum atomic E-state index is -1.70. The number of benzene rings is 3. The maximum absolute atomic E-state index is 13.9. The number of hydrogen-bond acceptors (Lipinski definition) is 8. The lowest BCUT2D eigenvalue weighted by molar-refractivity contribution is 0.417. The molecule has 8 nitrogen and oxygen atoms in total. The fourth-order valence-electron chi connectivity index (χ4n) is 3.23. The molecule has 4 aromatic rings. The quantitative estimate of drug-likeness (QED) is 0.0939. The van der Waals surface area contributed by atoms with Crippen LogP contribution in [0.25, 0.3) is 0 Å². The average molecular weight is 581 g/mol. The van der Waals surface area contributed by atoms with Gasteiger partial charge in [-0.25, -0.2) is 40.5 Å². The Morgan fingerprint density at radius 1 is 0.659 bits per heavy atom. The van der Waals surface area contributed by atoms with E-state index in [2.05, 4.69) is 36.3 Å². The summed E-state index contributed by atoms with van der Waals surface area (Å²) in [4.78, 5) is 8.02. The molecule has 3 aromatic carbocycles. The van der Waals surface area contributed by atoms with Gasteiger partial charge in [0.25, 0.3) is 0 Å². The molecule has 41 heavy (non-hydrogen) atoms. The van der Waals surface area contributed by atoms with Crippen molar-refractivity contribution in [1.82, 2.24) is 9.97 Å². The van der Waals surface area contributed by atoms with E-state index in [1.807, 2.05) is 0 Å². The zero-order chi connectivity index (χ0) is 29.7. The molecule has 3 N–H and O–H groups in total. The fourth-order valence-corrected chi connectivity index (χ4v) is 3.23. The number of rotatable bonds is 9. The van der Waals surface area contributed by atoms with Crippen molar-refractivity contribution in [2.75, 3.05) is 23.3 Å². The molecule has 0 saturated heterocycles. The molecule has 0 aliphatic heterocycles. The van der Waals surface area contributed by atoms with Crippen LogP contribution in [0.1, 0.15) is 11.1 Å². The topological polar surface area (TPSA) is 95.8 Å². The number of anilines is 4. The third-order valence-electron chi connectivity index (χ3n) is 5.12. The van der Waals surface area contributed by atoms with Gasteiger partial charge in [-0.05, 0) is 12.1 Å². The third kappa shape index (κ3) is 6.48. The molecule has 0 radical (unpaired) electrons. The first-order valence-corrected chi connectivity index (χ1v) is 11.1. The summed E-state index contributed by atoms with van der Waals surface area (Å²) in [7, 11) is 1.41. The minimum Gasteiger partial charge on any atom is -0.495 e. The number of halogens is 8. The van der Waals surface area contributed by atoms with E-state index in [0.717, 1.165) is 0 Å². The lowest BCUT2D eigenvalue weighted by Crippen LogP contribution is -2.06. The Morgan fingerprint density at radius 3 is 1.68 bits per heavy atom. The lowest BCUT2D eigenvalue weighted by Gasteiger charge is -2.12. The van der Waals surface area contributed by atoms with Gasteiger partial charge in [-0.15, -0.1) is 0 Å². The monoisotopic (exact) mass is 581 g/mol. The third-order valence-corrected chi connectivity index (χ3v) is 5.12. The normalized spacial score (nSPS) is 11.3. The molecule has 0 saturated carbocycles. The summed E-state index contributed by atoms with van der Waals surface area (Å²) in [6, 6.07) is 7.89. The fraction of sp³-hybridized carbons (Fsp3) is 0.0400. The second kappa shape index (κ2) is 12.3. The van der Waals surface area contributed by atoms with Crippen molar-refractivity contribution >= 4 is 35.7 Å². The molecule has 0 bridgehead atoms. The predicted molar refractivity (Wildman–Crippen MR) is 133 cm³/mol. The summed E-state index contributed by atoms with van der Waals surface area (Å²) in [6.07, 6.45) is 0.900. The van der Waals surface area contributed by atoms with E-state index in [1.165, 1.54) is 13.2 Å². The molecular weight excluding hydrogens is 566 g/mol. The molecule has 1 aromatic heterocycles. The van der Waals surface area contributed by atoms with Crippen LogP contribution in [0, 0.1) is 46.5 Å². The summed E-state index contributed by atoms with van der Waals surface area (Å²) < 4.78 is 115. The van der Waals surface area contributed by atoms with Gasteiger partial charge in [0, 0.05) is 18.2 Å². The van der Waals surface area contributed by atoms with E-state index in [-0.39, 0.29) is 29.7 Å². The van der Waals surface area contributed by atoms with Crippen LogP contribution >= 0.6 is 0 Å². The SMILES string of the molecule is COc1ccccc1Nc1cc(NN=Cc2c(F)c(F)cc(F)c2F)nc(NN=Cc2c(F)c(F)cc(F)c2F)n1. The van der Waals surface area contributed by atoms with Crippen LogP contribution in [-0.4, -0.2) is 29.5 Å². The number of methoxy groups -OCH3 is 1. The molecule has 0 fully saturated rings. The Kier molecular flexibility index (Phi) is 8.60. The largest absolute Gasteiger partial charge is 0.495 e. The van der Waals surface area contributed by atoms with Crippen molar-refractivity contribution in [2.24, 2.45) is 10.2 Å². The smallest absolute Gasteiger partial charge is 0.247 e. The van der Waals surface area contributed by atoms with E-state index < -0.39 is 57.7 Å². The van der Waals surface area contributed by atoms with Gasteiger partial charge in [0.15, 0.2) is 52.4 Å². The van der Waals surface area contributed by atoms with Gasteiger partial charge in [0.2, 0.25) is 5.95 Å². The van der Waals surface area contributed by atoms with Crippen molar-refractivity contribution in [3.8, 4) is 5.75 Å². The van der Waals surface area contributed by atoms with Gasteiger partial charge in [-0.2, -0.15) is 20.2 Å². The molecule has 1 heterocycles. The molecule has 0 amide bonds. The van der Waals surface area contributed by atoms with Crippen LogP contribution in [0.3, 0.4) is 0 Å². The maximum atomic E-state index is 13.9. The van der Waals surface area contributed by atoms with Crippen LogP contribution in [0.15, 0.2) is 52.7 Å². The first-order valence-electron chi connectivity index (χ1n) is 11.1. The minimum absolute atomic E-state index is 0.0169. The Balaban J connectivity index is 1.65. The zero-order valence-corrected chi connectivity index (χ0v) is 20.4. The van der Waals surface area contributed by atoms with Crippen LogP contribution in [-0.2, 0) is 0 Å². The van der Waals surface area contributed by atoms with Gasteiger partial charge in [-0.3, -0.25) is 5.43 Å². The summed E-state index contributed by atoms with van der Waals surface area (Å²) in [5.41, 5.74) is 2.65. The highest BCUT2D eigenvalue weighted by Gasteiger charge is 2.19. The molecule has 0 aliphatic rings. The van der Waals surface area contributed by atoms with E-state index in [0.29, 0.717) is 23.9 Å². The van der Waals surface area contributed by atoms with Crippen LogP contribution in [0.4, 0.5) is 58.4 Å². The number of hydrazone groups is 2. The van der Waals surface area contributed by atoms with E-state index >= 15 is 0 Å². The van der Waals surface area contributed by atoms with Crippen molar-refractivity contribution in [1.29, 1.82) is 0 Å². The van der Waals surface area contributed by atoms with Crippen molar-refractivity contribution in [3.05, 3.63) is 100 Å². The predicted octanol–water partition coefficient (Wildman–Crippen LogP) is 6.23. The Morgan fingerprint density at radius 2 is 1.15 bits per heavy atom. The average Bonchev–Trinajstić information content (AvgIpc) is 2.95. The van der Waals surface area contributed by atoms with Gasteiger partial charge in [0.05, 0.1) is 36.4 Å². The summed E-state index contributed by atoms with van der Waals surface area (Å²) in [5, 5.41) is 9.91. The molecule has 212 valence electrons. The van der Waals surface area contributed by atoms with E-state index in [4.69, 9.17) is 4.74 Å². The van der Waals surface area contributed by atoms with Crippen LogP contribution in [0.5, 0.6) is 5.75 Å². The molecule has 16 heteroatoms. The van der Waals surface area contributed by atoms with Crippen molar-refractivity contribution in [3.63, 3.8) is 0 Å². The maximum Gasteiger partial charge on any atom is 0.247 e. The Labute approximate surface area is 225 Å². The molecule has 0 aliphatic carbocycles. The van der Waals surface area contributed by atoms with Gasteiger partial charge < -0.3 is 10.1 Å². The van der Waals surface area contributed by atoms with Crippen LogP contribution < -0.4 is 20.9 Å². The highest BCUT2D eigenvalue weighted by atomic mass is 19.2. The second-order valence-corrected chi connectivity index (χ2v) is 7.79. The number of para-hydroxylation sites is 2. The molecule has 0 spiro atoms. The first kappa shape index (κ1) is 28.7. The Hall–Kier alpha value is -5.28. The zero-order valence-electron chi connectivity index (χ0n) is 20.4. The lowest BCUT2D eigenvalue weighted by atomic mass is 10.2. The Bertz CT molecular complexity index is 1520. The molecule has 0 unspecified atom stereocenters. The summed E-state index contributed by atoms with van der Waals surface area (Å²) in [5.74, 6) is -13.6. The highest BCUT2D eigenvalue weighted by molar-refractivity contribution is 5.82. The van der Waals surface area contributed by atoms with Gasteiger partial charge in [0.1, 0.15) is 11.6 Å².